The van der Waals surface area contributed by atoms with Crippen molar-refractivity contribution < 1.29 is 42.2 Å². The highest BCUT2D eigenvalue weighted by Gasteiger charge is 2.44. The van der Waals surface area contributed by atoms with Crippen LogP contribution in [0.25, 0.3) is 32.9 Å². The lowest BCUT2D eigenvalue weighted by molar-refractivity contribution is -0.384. The van der Waals surface area contributed by atoms with Gasteiger partial charge in [0.15, 0.2) is 5.82 Å². The minimum Gasteiger partial charge on any atom is -0.462 e. The molecule has 3 saturated heterocycles. The van der Waals surface area contributed by atoms with Gasteiger partial charge in [-0.2, -0.15) is 9.97 Å². The van der Waals surface area contributed by atoms with Crippen LogP contribution in [0.5, 0.6) is 11.8 Å². The Labute approximate surface area is 343 Å². The van der Waals surface area contributed by atoms with Gasteiger partial charge in [0.1, 0.15) is 41.3 Å². The van der Waals surface area contributed by atoms with E-state index in [-0.39, 0.29) is 65.0 Å². The molecule has 0 saturated carbocycles. The van der Waals surface area contributed by atoms with Crippen molar-refractivity contribution in [3.63, 3.8) is 0 Å². The number of aromatic nitrogens is 3. The molecule has 3 fully saturated rings. The molecular weight excluding hydrogens is 781 g/mol. The van der Waals surface area contributed by atoms with Crippen LogP contribution >= 0.6 is 0 Å². The molecule has 17 heteroatoms. The van der Waals surface area contributed by atoms with E-state index in [1.54, 1.807) is 24.3 Å². The highest BCUT2D eigenvalue weighted by Crippen LogP contribution is 2.39. The minimum absolute atomic E-state index is 0.0130. The number of anilines is 1. The van der Waals surface area contributed by atoms with Crippen molar-refractivity contribution in [3.8, 4) is 35.4 Å². The zero-order chi connectivity index (χ0) is 42.1. The molecule has 15 nitrogen and oxygen atoms in total. The number of carbonyl (C=O) groups is 2. The number of hydrogen-bond acceptors (Lipinski definition) is 13. The van der Waals surface area contributed by atoms with E-state index in [4.69, 9.17) is 30.4 Å². The summed E-state index contributed by atoms with van der Waals surface area (Å²) in [7, 11) is 1.84. The lowest BCUT2D eigenvalue weighted by Crippen LogP contribution is -2.56. The van der Waals surface area contributed by atoms with Gasteiger partial charge in [-0.1, -0.05) is 43.5 Å². The summed E-state index contributed by atoms with van der Waals surface area (Å²) in [5, 5.41) is 12.2. The molecule has 0 spiro atoms. The second-order valence-electron chi connectivity index (χ2n) is 15.1. The zero-order valence-electron chi connectivity index (χ0n) is 32.9. The normalized spacial score (nSPS) is 20.0. The van der Waals surface area contributed by atoms with Crippen LogP contribution < -0.4 is 14.4 Å². The van der Waals surface area contributed by atoms with Crippen LogP contribution in [0.3, 0.4) is 0 Å². The molecule has 0 aliphatic carbocycles. The number of likely N-dealkylation sites (tertiary alicyclic amines) is 1. The number of rotatable bonds is 11. The van der Waals surface area contributed by atoms with Crippen molar-refractivity contribution in [1.29, 1.82) is 0 Å². The first-order valence-electron chi connectivity index (χ1n) is 19.7. The quantitative estimate of drug-likeness (QED) is 0.0327. The topological polar surface area (TPSA) is 163 Å². The fourth-order valence-corrected chi connectivity index (χ4v) is 8.33. The molecule has 310 valence electrons. The number of fused-ring (bicyclic) bond motifs is 4. The van der Waals surface area contributed by atoms with Gasteiger partial charge in [0.2, 0.25) is 0 Å². The van der Waals surface area contributed by atoms with Gasteiger partial charge in [0, 0.05) is 61.4 Å². The second kappa shape index (κ2) is 16.9. The summed E-state index contributed by atoms with van der Waals surface area (Å²) in [6.45, 7) is 3.60. The molecule has 0 N–H and O–H groups in total. The molecule has 3 aliphatic rings. The van der Waals surface area contributed by atoms with Crippen molar-refractivity contribution >= 4 is 45.4 Å². The van der Waals surface area contributed by atoms with Crippen LogP contribution in [0.15, 0.2) is 60.8 Å². The number of carbonyl (C=O) groups excluding carboxylic acids is 2. The molecule has 2 unspecified atom stereocenters. The Morgan fingerprint density at radius 1 is 1.03 bits per heavy atom. The SMILES string of the molecule is C#Cc1c(F)ccc2cccc(-c3ncc4c(N5CC6CCC(C5)N6C(=O)OCCCC)nc(OC[C@@H]5C[C@@H](OC(=O)Oc6ccc([N+](=O)[O-])cc6)CN5C)nc4c3F)c12. The standard InChI is InChI=1S/C43H41F2N7O8/c1-4-6-18-57-42(53)51-27-11-12-28(51)22-50(21-27)40-34-20-46-38(33-9-7-8-25-10-17-35(44)32(5-2)36(25)33)37(45)39(34)47-41(48-40)58-24-29-19-31(23-49(29)3)60-43(54)59-30-15-13-26(14-16-30)52(55)56/h2,7-10,13-17,20,27-29,31H,4,6,11-12,18-19,21-24H2,1,3H3/t27?,28?,29-,31+/m0/s1. The zero-order valence-corrected chi connectivity index (χ0v) is 32.9. The number of likely N-dealkylation sites (N-methyl/N-ethyl adjacent to an activating group) is 1. The van der Waals surface area contributed by atoms with Gasteiger partial charge >= 0.3 is 18.3 Å². The van der Waals surface area contributed by atoms with Crippen molar-refractivity contribution in [2.24, 2.45) is 0 Å². The number of hydrogen-bond donors (Lipinski definition) is 0. The van der Waals surface area contributed by atoms with Gasteiger partial charge in [-0.15, -0.1) is 6.42 Å². The summed E-state index contributed by atoms with van der Waals surface area (Å²) in [6.07, 6.45) is 8.94. The number of pyridine rings is 1. The Kier molecular flexibility index (Phi) is 11.3. The fourth-order valence-electron chi connectivity index (χ4n) is 8.33. The summed E-state index contributed by atoms with van der Waals surface area (Å²) < 4.78 is 54.6. The third-order valence-corrected chi connectivity index (χ3v) is 11.3. The number of benzene rings is 3. The molecule has 3 aromatic carbocycles. The van der Waals surface area contributed by atoms with Crippen LogP contribution in [0.4, 0.5) is 29.9 Å². The number of unbranched alkanes of at least 4 members (excludes halogenated alkanes) is 1. The number of non-ortho nitro benzene ring substituents is 1. The lowest BCUT2D eigenvalue weighted by atomic mass is 9.96. The van der Waals surface area contributed by atoms with Crippen LogP contribution in [0.1, 0.15) is 44.6 Å². The predicted octanol–water partition coefficient (Wildman–Crippen LogP) is 7.27. The van der Waals surface area contributed by atoms with Gasteiger partial charge in [-0.05, 0) is 49.9 Å². The predicted molar refractivity (Wildman–Crippen MR) is 216 cm³/mol. The van der Waals surface area contributed by atoms with Gasteiger partial charge in [0.05, 0.1) is 34.6 Å². The van der Waals surface area contributed by atoms with Gasteiger partial charge in [0.25, 0.3) is 5.69 Å². The molecule has 2 aromatic heterocycles. The van der Waals surface area contributed by atoms with E-state index in [9.17, 15) is 24.1 Å². The molecular formula is C43H41F2N7O8. The van der Waals surface area contributed by atoms with Crippen molar-refractivity contribution in [1.82, 2.24) is 24.8 Å². The summed E-state index contributed by atoms with van der Waals surface area (Å²) in [5.41, 5.74) is -0.0177. The number of piperazine rings is 1. The van der Waals surface area contributed by atoms with E-state index in [2.05, 4.69) is 15.9 Å². The van der Waals surface area contributed by atoms with Crippen LogP contribution in [-0.2, 0) is 9.47 Å². The number of ether oxygens (including phenoxy) is 4. The molecule has 5 aromatic rings. The summed E-state index contributed by atoms with van der Waals surface area (Å²) in [4.78, 5) is 55.8. The van der Waals surface area contributed by atoms with Crippen molar-refractivity contribution in [2.45, 2.75) is 63.3 Å². The molecule has 1 amide bonds. The number of nitrogens with zero attached hydrogens (tertiary/aromatic N) is 7. The number of terminal acetylenes is 1. The average Bonchev–Trinajstić information content (AvgIpc) is 3.72. The summed E-state index contributed by atoms with van der Waals surface area (Å²) in [6, 6.07) is 12.3. The Balaban J connectivity index is 1.07. The first-order chi connectivity index (χ1) is 29.0. The molecule has 4 atom stereocenters. The summed E-state index contributed by atoms with van der Waals surface area (Å²) >= 11 is 0. The lowest BCUT2D eigenvalue weighted by Gasteiger charge is -2.41. The smallest absolute Gasteiger partial charge is 0.462 e. The third kappa shape index (κ3) is 7.90. The first kappa shape index (κ1) is 40.1. The average molecular weight is 822 g/mol. The molecule has 2 bridgehead atoms. The second-order valence-corrected chi connectivity index (χ2v) is 15.1. The molecule has 8 rings (SSSR count). The monoisotopic (exact) mass is 821 g/mol. The van der Waals surface area contributed by atoms with E-state index in [0.717, 1.165) is 25.7 Å². The van der Waals surface area contributed by atoms with Crippen LogP contribution in [0, 0.1) is 34.1 Å². The minimum atomic E-state index is -0.960. The van der Waals surface area contributed by atoms with Crippen molar-refractivity contribution in [2.75, 3.05) is 44.8 Å². The van der Waals surface area contributed by atoms with Crippen LogP contribution in [-0.4, -0.2) is 106 Å². The highest BCUT2D eigenvalue weighted by molar-refractivity contribution is 6.02. The van der Waals surface area contributed by atoms with E-state index < -0.39 is 28.8 Å². The first-order valence-corrected chi connectivity index (χ1v) is 19.7. The van der Waals surface area contributed by atoms with E-state index in [1.165, 1.54) is 36.5 Å². The Morgan fingerprint density at radius 3 is 2.52 bits per heavy atom. The fraction of sp³-hybridized carbons (Fsp3) is 0.372. The molecule has 60 heavy (non-hydrogen) atoms. The Hall–Kier alpha value is -6.67. The maximum Gasteiger partial charge on any atom is 0.514 e. The Morgan fingerprint density at radius 2 is 1.80 bits per heavy atom. The molecule has 5 heterocycles. The van der Waals surface area contributed by atoms with Crippen LogP contribution in [0.2, 0.25) is 0 Å². The molecule has 0 radical (unpaired) electrons. The number of amides is 1. The van der Waals surface area contributed by atoms with E-state index in [0.29, 0.717) is 60.2 Å². The van der Waals surface area contributed by atoms with Crippen molar-refractivity contribution in [3.05, 3.63) is 88.1 Å². The van der Waals surface area contributed by atoms with Gasteiger partial charge in [-0.25, -0.2) is 18.4 Å². The van der Waals surface area contributed by atoms with E-state index in [1.807, 2.05) is 28.7 Å². The number of nitro groups is 1. The third-order valence-electron chi connectivity index (χ3n) is 11.3. The maximum atomic E-state index is 17.1. The summed E-state index contributed by atoms with van der Waals surface area (Å²) in [5.74, 6) is 1.49. The van der Waals surface area contributed by atoms with E-state index >= 15 is 4.39 Å². The largest absolute Gasteiger partial charge is 0.514 e. The number of halogens is 2. The highest BCUT2D eigenvalue weighted by atomic mass is 19.1. The Bertz CT molecular complexity index is 2500. The van der Waals surface area contributed by atoms with Gasteiger partial charge in [-0.3, -0.25) is 24.9 Å². The van der Waals surface area contributed by atoms with Gasteiger partial charge < -0.3 is 23.8 Å². The number of nitro benzene ring substituents is 1. The molecule has 3 aliphatic heterocycles. The maximum absolute atomic E-state index is 17.1.